The van der Waals surface area contributed by atoms with Gasteiger partial charge >= 0.3 is 0 Å². The molecule has 35 heavy (non-hydrogen) atoms. The van der Waals surface area contributed by atoms with E-state index in [9.17, 15) is 4.79 Å². The molecule has 2 aromatic heterocycles. The number of hydrogen-bond acceptors (Lipinski definition) is 6. The lowest BCUT2D eigenvalue weighted by Gasteiger charge is -2.26. The fraction of sp³-hybridized carbons (Fsp3) is 0.393. The molecule has 176 valence electrons. The molecule has 0 spiro atoms. The first kappa shape index (κ1) is 20.7. The standard InChI is InChI=1S/C28H28N6O/c1-4-28(23-11-8-15(2)30-23)20-13-34(14-21(20)28)24-12-29-26-25(32-33-27(26)31-24)18-9-10-19-17(16(18)3)6-5-7-22(19)35/h5-6,8-10,12,20-21H,4,7,11,13-14H2,1-3H3,(H,31,32,33)/t20-,21+,28?. The van der Waals surface area contributed by atoms with Crippen molar-refractivity contribution in [1.29, 1.82) is 0 Å². The van der Waals surface area contributed by atoms with E-state index in [1.54, 1.807) is 0 Å². The summed E-state index contributed by atoms with van der Waals surface area (Å²) < 4.78 is 0. The Labute approximate surface area is 204 Å². The number of benzene rings is 1. The van der Waals surface area contributed by atoms with Crippen LogP contribution in [0, 0.1) is 24.2 Å². The lowest BCUT2D eigenvalue weighted by Crippen LogP contribution is -2.32. The normalized spacial score (nSPS) is 26.7. The average molecular weight is 465 g/mol. The van der Waals surface area contributed by atoms with Crippen molar-refractivity contribution < 1.29 is 4.79 Å². The van der Waals surface area contributed by atoms with Crippen LogP contribution in [0.25, 0.3) is 28.5 Å². The van der Waals surface area contributed by atoms with Crippen molar-refractivity contribution in [2.75, 3.05) is 18.0 Å². The molecule has 0 bridgehead atoms. The second kappa shape index (κ2) is 7.20. The predicted molar refractivity (Wildman–Crippen MR) is 138 cm³/mol. The van der Waals surface area contributed by atoms with E-state index in [0.29, 0.717) is 23.9 Å². The summed E-state index contributed by atoms with van der Waals surface area (Å²) in [5, 5.41) is 7.67. The third-order valence-electron chi connectivity index (χ3n) is 8.81. The number of aromatic nitrogens is 4. The number of aliphatic imine (C=N–C) groups is 1. The van der Waals surface area contributed by atoms with Crippen LogP contribution in [-0.4, -0.2) is 44.7 Å². The Morgan fingerprint density at radius 3 is 2.69 bits per heavy atom. The molecule has 7 rings (SSSR count). The van der Waals surface area contributed by atoms with Gasteiger partial charge in [-0.25, -0.2) is 9.97 Å². The Hall–Kier alpha value is -3.61. The van der Waals surface area contributed by atoms with Gasteiger partial charge in [-0.3, -0.25) is 14.9 Å². The summed E-state index contributed by atoms with van der Waals surface area (Å²) in [6.07, 6.45) is 10.8. The molecule has 7 nitrogen and oxygen atoms in total. The summed E-state index contributed by atoms with van der Waals surface area (Å²) in [4.78, 5) is 29.2. The van der Waals surface area contributed by atoms with Crippen LogP contribution in [0.5, 0.6) is 0 Å². The van der Waals surface area contributed by atoms with Crippen molar-refractivity contribution >= 4 is 34.6 Å². The third kappa shape index (κ3) is 2.81. The number of carbonyl (C=O) groups is 1. The molecular weight excluding hydrogens is 436 g/mol. The molecule has 0 radical (unpaired) electrons. The molecule has 1 unspecified atom stereocenters. The van der Waals surface area contributed by atoms with Gasteiger partial charge in [0, 0.05) is 53.9 Å². The summed E-state index contributed by atoms with van der Waals surface area (Å²) in [5.41, 5.74) is 8.90. The summed E-state index contributed by atoms with van der Waals surface area (Å²) >= 11 is 0. The second-order valence-electron chi connectivity index (χ2n) is 10.3. The van der Waals surface area contributed by atoms with Crippen molar-refractivity contribution in [2.45, 2.75) is 40.0 Å². The fourth-order valence-electron chi connectivity index (χ4n) is 6.90. The van der Waals surface area contributed by atoms with E-state index in [-0.39, 0.29) is 11.2 Å². The van der Waals surface area contributed by atoms with Gasteiger partial charge in [0.05, 0.1) is 11.9 Å². The monoisotopic (exact) mass is 464 g/mol. The molecule has 2 aliphatic heterocycles. The molecule has 2 fully saturated rings. The Balaban J connectivity index is 1.17. The molecule has 4 heterocycles. The molecule has 1 aromatic carbocycles. The molecule has 3 aromatic rings. The number of ketones is 1. The lowest BCUT2D eigenvalue weighted by molar-refractivity contribution is 0.0994. The molecule has 2 aliphatic carbocycles. The SMILES string of the molecule is CCC1(C2=NC(C)=CC2)[C@@H]2CN(c3cnc4c(-c5ccc6c(c5C)C=CCC6=O)[nH]nc4n3)C[C@@H]21. The number of rotatable bonds is 4. The maximum atomic E-state index is 12.3. The van der Waals surface area contributed by atoms with Crippen LogP contribution in [0.3, 0.4) is 0 Å². The zero-order chi connectivity index (χ0) is 23.9. The Morgan fingerprint density at radius 2 is 1.94 bits per heavy atom. The van der Waals surface area contributed by atoms with Crippen molar-refractivity contribution in [3.05, 3.63) is 52.9 Å². The molecule has 1 saturated carbocycles. The molecular formula is C28H28N6O. The second-order valence-corrected chi connectivity index (χ2v) is 10.3. The molecule has 3 atom stereocenters. The minimum atomic E-state index is 0.165. The van der Waals surface area contributed by atoms with Gasteiger partial charge in [-0.1, -0.05) is 37.3 Å². The lowest BCUT2D eigenvalue weighted by atomic mass is 9.89. The molecule has 0 amide bonds. The third-order valence-corrected chi connectivity index (χ3v) is 8.81. The fourth-order valence-corrected chi connectivity index (χ4v) is 6.90. The van der Waals surface area contributed by atoms with Gasteiger partial charge in [-0.05, 0) is 43.2 Å². The number of H-pyrrole nitrogens is 1. The van der Waals surface area contributed by atoms with Gasteiger partial charge in [-0.15, -0.1) is 0 Å². The van der Waals surface area contributed by atoms with E-state index in [1.807, 2.05) is 37.4 Å². The maximum absolute atomic E-state index is 12.3. The zero-order valence-corrected chi connectivity index (χ0v) is 20.3. The highest BCUT2D eigenvalue weighted by Crippen LogP contribution is 2.66. The molecule has 7 heteroatoms. The highest BCUT2D eigenvalue weighted by Gasteiger charge is 2.69. The Kier molecular flexibility index (Phi) is 4.26. The number of anilines is 1. The zero-order valence-electron chi connectivity index (χ0n) is 20.3. The van der Waals surface area contributed by atoms with E-state index in [2.05, 4.69) is 35.0 Å². The summed E-state index contributed by atoms with van der Waals surface area (Å²) in [7, 11) is 0. The van der Waals surface area contributed by atoms with Crippen LogP contribution in [-0.2, 0) is 0 Å². The molecule has 1 N–H and O–H groups in total. The van der Waals surface area contributed by atoms with Gasteiger partial charge in [0.15, 0.2) is 5.78 Å². The van der Waals surface area contributed by atoms with Crippen LogP contribution in [0.1, 0.15) is 54.6 Å². The van der Waals surface area contributed by atoms with Crippen LogP contribution in [0.4, 0.5) is 5.82 Å². The van der Waals surface area contributed by atoms with Crippen molar-refractivity contribution in [2.24, 2.45) is 22.2 Å². The number of nitrogens with zero attached hydrogens (tertiary/aromatic N) is 5. The van der Waals surface area contributed by atoms with E-state index in [4.69, 9.17) is 15.0 Å². The number of hydrogen-bond donors (Lipinski definition) is 1. The summed E-state index contributed by atoms with van der Waals surface area (Å²) in [5.74, 6) is 2.35. The van der Waals surface area contributed by atoms with E-state index in [1.165, 1.54) is 5.71 Å². The van der Waals surface area contributed by atoms with Gasteiger partial charge in [0.2, 0.25) is 5.65 Å². The number of piperidine rings is 1. The number of Topliss-reactive ketones (excluding diaryl/α,β-unsaturated/α-hetero) is 1. The maximum Gasteiger partial charge on any atom is 0.202 e. The van der Waals surface area contributed by atoms with Crippen LogP contribution in [0.2, 0.25) is 0 Å². The Bertz CT molecular complexity index is 1500. The van der Waals surface area contributed by atoms with Crippen molar-refractivity contribution in [3.63, 3.8) is 0 Å². The highest BCUT2D eigenvalue weighted by atomic mass is 16.1. The van der Waals surface area contributed by atoms with E-state index in [0.717, 1.165) is 70.9 Å². The Morgan fingerprint density at radius 1 is 1.14 bits per heavy atom. The largest absolute Gasteiger partial charge is 0.355 e. The van der Waals surface area contributed by atoms with Crippen molar-refractivity contribution in [1.82, 2.24) is 20.2 Å². The number of allylic oxidation sites excluding steroid dienone is 3. The van der Waals surface area contributed by atoms with E-state index < -0.39 is 0 Å². The van der Waals surface area contributed by atoms with Gasteiger partial charge in [-0.2, -0.15) is 5.10 Å². The molecule has 1 saturated heterocycles. The topological polar surface area (TPSA) is 87.1 Å². The summed E-state index contributed by atoms with van der Waals surface area (Å²) in [6, 6.07) is 3.91. The number of aromatic amines is 1. The van der Waals surface area contributed by atoms with Gasteiger partial charge in [0.1, 0.15) is 11.3 Å². The summed E-state index contributed by atoms with van der Waals surface area (Å²) in [6.45, 7) is 8.46. The predicted octanol–water partition coefficient (Wildman–Crippen LogP) is 5.14. The first-order chi connectivity index (χ1) is 17.0. The highest BCUT2D eigenvalue weighted by molar-refractivity contribution is 6.04. The van der Waals surface area contributed by atoms with Crippen LogP contribution < -0.4 is 4.90 Å². The van der Waals surface area contributed by atoms with Gasteiger partial charge in [0.25, 0.3) is 0 Å². The number of carbonyl (C=O) groups excluding carboxylic acids is 1. The van der Waals surface area contributed by atoms with E-state index >= 15 is 0 Å². The van der Waals surface area contributed by atoms with Crippen LogP contribution in [0.15, 0.2) is 41.2 Å². The number of nitrogens with one attached hydrogen (secondary N) is 1. The van der Waals surface area contributed by atoms with Crippen LogP contribution >= 0.6 is 0 Å². The smallest absolute Gasteiger partial charge is 0.202 e. The molecule has 4 aliphatic rings. The minimum absolute atomic E-state index is 0.165. The minimum Gasteiger partial charge on any atom is -0.355 e. The van der Waals surface area contributed by atoms with Crippen molar-refractivity contribution in [3.8, 4) is 11.3 Å². The first-order valence-corrected chi connectivity index (χ1v) is 12.6. The average Bonchev–Trinajstić information content (AvgIpc) is 3.35. The quantitative estimate of drug-likeness (QED) is 0.578. The first-order valence-electron chi connectivity index (χ1n) is 12.6. The number of fused-ring (bicyclic) bond motifs is 3. The van der Waals surface area contributed by atoms with Gasteiger partial charge < -0.3 is 4.90 Å².